The highest BCUT2D eigenvalue weighted by atomic mass is 35.5. The van der Waals surface area contributed by atoms with Gasteiger partial charge in [-0.15, -0.1) is 0 Å². The third kappa shape index (κ3) is 5.37. The summed E-state index contributed by atoms with van der Waals surface area (Å²) in [5.41, 5.74) is 1.76. The molecule has 0 aliphatic rings. The number of nitrogens with one attached hydrogen (secondary N) is 2. The second-order valence-corrected chi connectivity index (χ2v) is 9.14. The standard InChI is InChI=1S/C21H17Cl2FN2O3S/c1-13-2-4-14(5-3-13)12-25-30(28,29)16-7-9-20(19(24)11-16)26-21(27)17-8-6-15(22)10-18(17)23/h2-11,25H,12H2,1H3,(H,26,27). The number of aryl methyl sites for hydroxylation is 1. The lowest BCUT2D eigenvalue weighted by Gasteiger charge is -2.11. The third-order valence-electron chi connectivity index (χ3n) is 4.26. The Bertz CT molecular complexity index is 1200. The fourth-order valence-corrected chi connectivity index (χ4v) is 4.12. The van der Waals surface area contributed by atoms with Crippen molar-refractivity contribution >= 4 is 44.8 Å². The highest BCUT2D eigenvalue weighted by Gasteiger charge is 2.18. The summed E-state index contributed by atoms with van der Waals surface area (Å²) in [4.78, 5) is 12.1. The molecular formula is C21H17Cl2FN2O3S. The Kier molecular flexibility index (Phi) is 6.77. The number of benzene rings is 3. The molecule has 0 saturated carbocycles. The molecule has 0 bridgehead atoms. The van der Waals surface area contributed by atoms with Gasteiger partial charge in [0.05, 0.1) is 21.2 Å². The van der Waals surface area contributed by atoms with Crippen LogP contribution < -0.4 is 10.0 Å². The number of sulfonamides is 1. The van der Waals surface area contributed by atoms with Gasteiger partial charge < -0.3 is 5.32 Å². The smallest absolute Gasteiger partial charge is 0.257 e. The third-order valence-corrected chi connectivity index (χ3v) is 6.21. The number of carbonyl (C=O) groups excluding carboxylic acids is 1. The topological polar surface area (TPSA) is 75.3 Å². The average molecular weight is 467 g/mol. The van der Waals surface area contributed by atoms with E-state index < -0.39 is 21.7 Å². The highest BCUT2D eigenvalue weighted by Crippen LogP contribution is 2.24. The molecule has 1 amide bonds. The van der Waals surface area contributed by atoms with E-state index in [-0.39, 0.29) is 27.7 Å². The quantitative estimate of drug-likeness (QED) is 0.525. The van der Waals surface area contributed by atoms with Gasteiger partial charge in [0, 0.05) is 11.6 Å². The van der Waals surface area contributed by atoms with Crippen molar-refractivity contribution in [3.05, 3.63) is 93.2 Å². The van der Waals surface area contributed by atoms with E-state index in [1.54, 1.807) is 12.1 Å². The molecule has 0 heterocycles. The Morgan fingerprint density at radius 3 is 2.33 bits per heavy atom. The van der Waals surface area contributed by atoms with Crippen molar-refractivity contribution in [1.29, 1.82) is 0 Å². The van der Waals surface area contributed by atoms with Crippen molar-refractivity contribution in [2.75, 3.05) is 5.32 Å². The lowest BCUT2D eigenvalue weighted by atomic mass is 10.2. The predicted molar refractivity (Wildman–Crippen MR) is 116 cm³/mol. The average Bonchev–Trinajstić information content (AvgIpc) is 2.69. The molecule has 3 aromatic carbocycles. The number of halogens is 3. The van der Waals surface area contributed by atoms with Gasteiger partial charge in [-0.05, 0) is 48.9 Å². The van der Waals surface area contributed by atoms with Gasteiger partial charge in [-0.25, -0.2) is 17.5 Å². The fourth-order valence-electron chi connectivity index (χ4n) is 2.60. The van der Waals surface area contributed by atoms with Crippen molar-refractivity contribution in [2.45, 2.75) is 18.4 Å². The molecule has 9 heteroatoms. The SMILES string of the molecule is Cc1ccc(CNS(=O)(=O)c2ccc(NC(=O)c3ccc(Cl)cc3Cl)c(F)c2)cc1. The maximum atomic E-state index is 14.5. The summed E-state index contributed by atoms with van der Waals surface area (Å²) in [6.07, 6.45) is 0. The summed E-state index contributed by atoms with van der Waals surface area (Å²) >= 11 is 11.8. The maximum Gasteiger partial charge on any atom is 0.257 e. The van der Waals surface area contributed by atoms with Crippen LogP contribution in [0.4, 0.5) is 10.1 Å². The number of anilines is 1. The molecular weight excluding hydrogens is 450 g/mol. The van der Waals surface area contributed by atoms with Gasteiger partial charge >= 0.3 is 0 Å². The minimum atomic E-state index is -3.94. The Hall–Kier alpha value is -2.45. The van der Waals surface area contributed by atoms with Gasteiger partial charge in [0.2, 0.25) is 10.0 Å². The van der Waals surface area contributed by atoms with Crippen LogP contribution in [-0.4, -0.2) is 14.3 Å². The Morgan fingerprint density at radius 1 is 1.00 bits per heavy atom. The zero-order valence-corrected chi connectivity index (χ0v) is 18.1. The van der Waals surface area contributed by atoms with E-state index in [0.29, 0.717) is 5.02 Å². The first-order chi connectivity index (χ1) is 14.2. The number of amides is 1. The second-order valence-electron chi connectivity index (χ2n) is 6.53. The van der Waals surface area contributed by atoms with Crippen molar-refractivity contribution < 1.29 is 17.6 Å². The second kappa shape index (κ2) is 9.14. The van der Waals surface area contributed by atoms with Crippen molar-refractivity contribution in [2.24, 2.45) is 0 Å². The summed E-state index contributed by atoms with van der Waals surface area (Å²) in [7, 11) is -3.94. The van der Waals surface area contributed by atoms with Gasteiger partial charge in [-0.3, -0.25) is 4.79 Å². The van der Waals surface area contributed by atoms with Crippen molar-refractivity contribution in [3.8, 4) is 0 Å². The first kappa shape index (κ1) is 22.2. The van der Waals surface area contributed by atoms with Gasteiger partial charge in [0.1, 0.15) is 5.82 Å². The molecule has 30 heavy (non-hydrogen) atoms. The molecule has 0 aliphatic carbocycles. The van der Waals surface area contributed by atoms with E-state index in [0.717, 1.165) is 17.2 Å². The molecule has 0 radical (unpaired) electrons. The highest BCUT2D eigenvalue weighted by molar-refractivity contribution is 7.89. The summed E-state index contributed by atoms with van der Waals surface area (Å²) in [6, 6.07) is 14.9. The molecule has 0 spiro atoms. The van der Waals surface area contributed by atoms with Gasteiger partial charge in [-0.2, -0.15) is 0 Å². The fraction of sp³-hybridized carbons (Fsp3) is 0.0952. The van der Waals surface area contributed by atoms with E-state index >= 15 is 0 Å². The first-order valence-electron chi connectivity index (χ1n) is 8.77. The molecule has 0 fully saturated rings. The number of carbonyl (C=O) groups is 1. The van der Waals surface area contributed by atoms with E-state index in [2.05, 4.69) is 10.0 Å². The van der Waals surface area contributed by atoms with Gasteiger partial charge in [-0.1, -0.05) is 53.0 Å². The minimum Gasteiger partial charge on any atom is -0.319 e. The van der Waals surface area contributed by atoms with Crippen LogP contribution in [0.15, 0.2) is 65.6 Å². The van der Waals surface area contributed by atoms with E-state index in [1.165, 1.54) is 30.3 Å². The summed E-state index contributed by atoms with van der Waals surface area (Å²) in [5.74, 6) is -1.55. The molecule has 2 N–H and O–H groups in total. The zero-order valence-electron chi connectivity index (χ0n) is 15.7. The first-order valence-corrected chi connectivity index (χ1v) is 11.0. The van der Waals surface area contributed by atoms with Crippen LogP contribution >= 0.6 is 23.2 Å². The zero-order chi connectivity index (χ0) is 21.9. The largest absolute Gasteiger partial charge is 0.319 e. The summed E-state index contributed by atoms with van der Waals surface area (Å²) < 4.78 is 41.8. The maximum absolute atomic E-state index is 14.5. The molecule has 3 rings (SSSR count). The number of hydrogen-bond donors (Lipinski definition) is 2. The van der Waals surface area contributed by atoms with Crippen LogP contribution in [-0.2, 0) is 16.6 Å². The molecule has 5 nitrogen and oxygen atoms in total. The Morgan fingerprint density at radius 2 is 1.70 bits per heavy atom. The van der Waals surface area contributed by atoms with Gasteiger partial charge in [0.15, 0.2) is 0 Å². The van der Waals surface area contributed by atoms with Crippen molar-refractivity contribution in [1.82, 2.24) is 4.72 Å². The van der Waals surface area contributed by atoms with Crippen molar-refractivity contribution in [3.63, 3.8) is 0 Å². The minimum absolute atomic E-state index is 0.0672. The number of hydrogen-bond acceptors (Lipinski definition) is 3. The molecule has 156 valence electrons. The molecule has 0 unspecified atom stereocenters. The van der Waals surface area contributed by atoms with Crippen LogP contribution in [0.5, 0.6) is 0 Å². The van der Waals surface area contributed by atoms with E-state index in [9.17, 15) is 17.6 Å². The Balaban J connectivity index is 1.73. The van der Waals surface area contributed by atoms with Crippen LogP contribution in [0.3, 0.4) is 0 Å². The lowest BCUT2D eigenvalue weighted by molar-refractivity contribution is 0.102. The normalized spacial score (nSPS) is 11.3. The lowest BCUT2D eigenvalue weighted by Crippen LogP contribution is -2.23. The summed E-state index contributed by atoms with van der Waals surface area (Å²) in [5, 5.41) is 2.84. The molecule has 0 saturated heterocycles. The molecule has 0 aliphatic heterocycles. The van der Waals surface area contributed by atoms with E-state index in [1.807, 2.05) is 19.1 Å². The van der Waals surface area contributed by atoms with Gasteiger partial charge in [0.25, 0.3) is 5.91 Å². The molecule has 0 atom stereocenters. The molecule has 0 aromatic heterocycles. The van der Waals surface area contributed by atoms with Crippen LogP contribution in [0.2, 0.25) is 10.0 Å². The van der Waals surface area contributed by atoms with E-state index in [4.69, 9.17) is 23.2 Å². The number of rotatable bonds is 6. The Labute approximate surface area is 183 Å². The van der Waals surface area contributed by atoms with Crippen LogP contribution in [0, 0.1) is 12.7 Å². The van der Waals surface area contributed by atoms with Crippen LogP contribution in [0.1, 0.15) is 21.5 Å². The van der Waals surface area contributed by atoms with Crippen LogP contribution in [0.25, 0.3) is 0 Å². The monoisotopic (exact) mass is 466 g/mol. The molecule has 3 aromatic rings. The summed E-state index contributed by atoms with van der Waals surface area (Å²) in [6.45, 7) is 2.00. The predicted octanol–water partition coefficient (Wildman–Crippen LogP) is 5.17.